The van der Waals surface area contributed by atoms with Gasteiger partial charge in [-0.1, -0.05) is 5.21 Å². The largest absolute Gasteiger partial charge is 0.379 e. The first-order valence-electron chi connectivity index (χ1n) is 4.08. The highest BCUT2D eigenvalue weighted by Crippen LogP contribution is 2.15. The van der Waals surface area contributed by atoms with Crippen LogP contribution in [0.25, 0.3) is 0 Å². The van der Waals surface area contributed by atoms with E-state index in [1.807, 2.05) is 0 Å². The topological polar surface area (TPSA) is 76.7 Å². The van der Waals surface area contributed by atoms with Gasteiger partial charge in [-0.05, 0) is 6.07 Å². The van der Waals surface area contributed by atoms with Crippen LogP contribution in [0.1, 0.15) is 17.6 Å². The fourth-order valence-corrected chi connectivity index (χ4v) is 1.13. The highest BCUT2D eigenvalue weighted by Gasteiger charge is 2.16. The molecule has 0 fully saturated rings. The molecule has 2 rings (SSSR count). The van der Waals surface area contributed by atoms with Crippen LogP contribution >= 0.6 is 0 Å². The van der Waals surface area contributed by atoms with E-state index < -0.39 is 6.10 Å². The van der Waals surface area contributed by atoms with E-state index in [2.05, 4.69) is 20.3 Å². The molecule has 0 saturated carbocycles. The van der Waals surface area contributed by atoms with E-state index in [1.165, 1.54) is 10.9 Å². The molecule has 0 spiro atoms. The molecule has 2 aromatic rings. The second kappa shape index (κ2) is 3.51. The minimum Gasteiger partial charge on any atom is -0.379 e. The average Bonchev–Trinajstić information content (AvgIpc) is 2.65. The van der Waals surface area contributed by atoms with Gasteiger partial charge < -0.3 is 5.11 Å². The van der Waals surface area contributed by atoms with Gasteiger partial charge in [-0.2, -0.15) is 0 Å². The van der Waals surface area contributed by atoms with Gasteiger partial charge >= 0.3 is 0 Å². The van der Waals surface area contributed by atoms with Crippen molar-refractivity contribution in [1.29, 1.82) is 0 Å². The molecule has 1 N–H and O–H groups in total. The Labute approximate surface area is 80.2 Å². The van der Waals surface area contributed by atoms with E-state index in [0.29, 0.717) is 11.5 Å². The molecule has 0 saturated heterocycles. The third kappa shape index (κ3) is 1.47. The second-order valence-electron chi connectivity index (χ2n) is 2.79. The lowest BCUT2D eigenvalue weighted by Gasteiger charge is -2.07. The molecule has 1 atom stereocenters. The van der Waals surface area contributed by atoms with E-state index in [9.17, 15) is 5.11 Å². The monoisotopic (exact) mass is 191 g/mol. The highest BCUT2D eigenvalue weighted by atomic mass is 16.3. The number of aliphatic hydroxyl groups is 1. The zero-order valence-corrected chi connectivity index (χ0v) is 7.57. The third-order valence-electron chi connectivity index (χ3n) is 1.86. The summed E-state index contributed by atoms with van der Waals surface area (Å²) in [6, 6.07) is 1.69. The molecule has 0 radical (unpaired) electrons. The fraction of sp³-hybridized carbons (Fsp3) is 0.250. The van der Waals surface area contributed by atoms with Gasteiger partial charge in [0, 0.05) is 19.4 Å². The summed E-state index contributed by atoms with van der Waals surface area (Å²) in [5.41, 5.74) is 0.566. The summed E-state index contributed by atoms with van der Waals surface area (Å²) in [6.45, 7) is 0. The first kappa shape index (κ1) is 8.76. The summed E-state index contributed by atoms with van der Waals surface area (Å²) in [5, 5.41) is 17.2. The first-order chi connectivity index (χ1) is 6.79. The lowest BCUT2D eigenvalue weighted by molar-refractivity contribution is 0.199. The van der Waals surface area contributed by atoms with E-state index >= 15 is 0 Å². The van der Waals surface area contributed by atoms with Crippen LogP contribution in [0.15, 0.2) is 24.7 Å². The lowest BCUT2D eigenvalue weighted by Crippen LogP contribution is -2.09. The van der Waals surface area contributed by atoms with Crippen LogP contribution in [0, 0.1) is 0 Å². The summed E-state index contributed by atoms with van der Waals surface area (Å²) in [5.74, 6) is 0.345. The van der Waals surface area contributed by atoms with Crippen LogP contribution < -0.4 is 0 Å². The normalized spacial score (nSPS) is 12.7. The van der Waals surface area contributed by atoms with Crippen molar-refractivity contribution < 1.29 is 5.11 Å². The fourth-order valence-electron chi connectivity index (χ4n) is 1.13. The second-order valence-corrected chi connectivity index (χ2v) is 2.79. The van der Waals surface area contributed by atoms with Gasteiger partial charge in [0.1, 0.15) is 0 Å². The van der Waals surface area contributed by atoms with Gasteiger partial charge in [-0.25, -0.2) is 14.6 Å². The third-order valence-corrected chi connectivity index (χ3v) is 1.86. The lowest BCUT2D eigenvalue weighted by atomic mass is 10.2. The van der Waals surface area contributed by atoms with E-state index in [1.54, 1.807) is 25.5 Å². The molecule has 2 heterocycles. The van der Waals surface area contributed by atoms with Crippen LogP contribution in [-0.2, 0) is 7.05 Å². The van der Waals surface area contributed by atoms with Gasteiger partial charge in [0.15, 0.2) is 11.9 Å². The van der Waals surface area contributed by atoms with Crippen LogP contribution in [0.4, 0.5) is 0 Å². The molecule has 0 aliphatic carbocycles. The van der Waals surface area contributed by atoms with E-state index in [4.69, 9.17) is 0 Å². The molecule has 0 aliphatic heterocycles. The maximum absolute atomic E-state index is 9.84. The van der Waals surface area contributed by atoms with Crippen LogP contribution in [-0.4, -0.2) is 30.1 Å². The summed E-state index contributed by atoms with van der Waals surface area (Å²) >= 11 is 0. The van der Waals surface area contributed by atoms with E-state index in [-0.39, 0.29) is 0 Å². The Morgan fingerprint density at radius 1 is 1.36 bits per heavy atom. The molecule has 0 amide bonds. The smallest absolute Gasteiger partial charge is 0.163 e. The minimum atomic E-state index is -0.879. The number of nitrogens with zero attached hydrogens (tertiary/aromatic N) is 5. The highest BCUT2D eigenvalue weighted by molar-refractivity contribution is 5.09. The predicted octanol–water partition coefficient (Wildman–Crippen LogP) is -0.313. The van der Waals surface area contributed by atoms with Crippen LogP contribution in [0.2, 0.25) is 0 Å². The van der Waals surface area contributed by atoms with Gasteiger partial charge in [-0.15, -0.1) is 5.10 Å². The van der Waals surface area contributed by atoms with Gasteiger partial charge in [0.2, 0.25) is 0 Å². The summed E-state index contributed by atoms with van der Waals surface area (Å²) in [7, 11) is 1.70. The molecule has 1 unspecified atom stereocenters. The molecule has 0 aliphatic rings. The van der Waals surface area contributed by atoms with Crippen molar-refractivity contribution in [2.45, 2.75) is 6.10 Å². The first-order valence-corrected chi connectivity index (χ1v) is 4.08. The number of hydrogen-bond donors (Lipinski definition) is 1. The molecular formula is C8H9N5O. The SMILES string of the molecule is Cn1nncc1C(O)c1ncccn1. The van der Waals surface area contributed by atoms with Crippen molar-refractivity contribution in [3.8, 4) is 0 Å². The average molecular weight is 191 g/mol. The Kier molecular flexibility index (Phi) is 2.19. The number of hydrogen-bond acceptors (Lipinski definition) is 5. The molecule has 0 bridgehead atoms. The van der Waals surface area contributed by atoms with Crippen molar-refractivity contribution in [3.05, 3.63) is 36.2 Å². The van der Waals surface area contributed by atoms with Crippen LogP contribution in [0.5, 0.6) is 0 Å². The van der Waals surface area contributed by atoms with Crippen molar-refractivity contribution in [2.75, 3.05) is 0 Å². The number of rotatable bonds is 2. The Morgan fingerprint density at radius 3 is 2.64 bits per heavy atom. The Hall–Kier alpha value is -1.82. The van der Waals surface area contributed by atoms with Gasteiger partial charge in [-0.3, -0.25) is 0 Å². The Bertz CT molecular complexity index is 413. The maximum atomic E-state index is 9.84. The van der Waals surface area contributed by atoms with Gasteiger partial charge in [0.25, 0.3) is 0 Å². The number of aryl methyl sites for hydroxylation is 1. The summed E-state index contributed by atoms with van der Waals surface area (Å²) in [6.07, 6.45) is 3.77. The predicted molar refractivity (Wildman–Crippen MR) is 47.1 cm³/mol. The number of aliphatic hydroxyl groups excluding tert-OH is 1. The molecule has 6 heteroatoms. The zero-order chi connectivity index (χ0) is 9.97. The molecule has 72 valence electrons. The summed E-state index contributed by atoms with van der Waals surface area (Å²) in [4.78, 5) is 7.89. The number of aromatic nitrogens is 5. The van der Waals surface area contributed by atoms with Crippen molar-refractivity contribution in [1.82, 2.24) is 25.0 Å². The van der Waals surface area contributed by atoms with E-state index in [0.717, 1.165) is 0 Å². The van der Waals surface area contributed by atoms with Crippen molar-refractivity contribution in [3.63, 3.8) is 0 Å². The molecule has 6 nitrogen and oxygen atoms in total. The zero-order valence-electron chi connectivity index (χ0n) is 7.57. The Morgan fingerprint density at radius 2 is 2.07 bits per heavy atom. The minimum absolute atomic E-state index is 0.345. The quantitative estimate of drug-likeness (QED) is 0.704. The molecule has 0 aromatic carbocycles. The summed E-state index contributed by atoms with van der Waals surface area (Å²) < 4.78 is 1.49. The standard InChI is InChI=1S/C8H9N5O/c1-13-6(5-11-12-13)7(14)8-9-3-2-4-10-8/h2-5,7,14H,1H3. The molecule has 2 aromatic heterocycles. The maximum Gasteiger partial charge on any atom is 0.163 e. The molecular weight excluding hydrogens is 182 g/mol. The van der Waals surface area contributed by atoms with Crippen molar-refractivity contribution in [2.24, 2.45) is 7.05 Å². The van der Waals surface area contributed by atoms with Crippen molar-refractivity contribution >= 4 is 0 Å². The van der Waals surface area contributed by atoms with Gasteiger partial charge in [0.05, 0.1) is 11.9 Å². The molecule has 14 heavy (non-hydrogen) atoms. The Balaban J connectivity index is 2.34. The van der Waals surface area contributed by atoms with Crippen LogP contribution in [0.3, 0.4) is 0 Å².